The van der Waals surface area contributed by atoms with Crippen LogP contribution in [0.2, 0.25) is 0 Å². The highest BCUT2D eigenvalue weighted by Crippen LogP contribution is 2.36. The molecule has 0 saturated carbocycles. The Morgan fingerprint density at radius 2 is 2.00 bits per heavy atom. The van der Waals surface area contributed by atoms with Gasteiger partial charge in [-0.3, -0.25) is 4.90 Å². The van der Waals surface area contributed by atoms with Gasteiger partial charge in [0, 0.05) is 23.9 Å². The minimum absolute atomic E-state index is 0.0481. The molecule has 0 N–H and O–H groups in total. The molecule has 4 rings (SSSR count). The van der Waals surface area contributed by atoms with E-state index in [9.17, 15) is 13.2 Å². The number of aryl methyl sites for hydroxylation is 1. The van der Waals surface area contributed by atoms with Crippen molar-refractivity contribution in [3.8, 4) is 5.75 Å². The fourth-order valence-corrected chi connectivity index (χ4v) is 3.89. The van der Waals surface area contributed by atoms with E-state index in [2.05, 4.69) is 15.0 Å². The van der Waals surface area contributed by atoms with Crippen LogP contribution in [0, 0.1) is 6.92 Å². The highest BCUT2D eigenvalue weighted by molar-refractivity contribution is 5.43. The second-order valence-corrected chi connectivity index (χ2v) is 7.06. The lowest BCUT2D eigenvalue weighted by Crippen LogP contribution is -2.23. The largest absolute Gasteiger partial charge is 0.496 e. The molecule has 2 aromatic heterocycles. The molecule has 1 fully saturated rings. The van der Waals surface area contributed by atoms with Crippen LogP contribution in [0.4, 0.5) is 13.2 Å². The molecule has 8 heteroatoms. The summed E-state index contributed by atoms with van der Waals surface area (Å²) in [4.78, 5) is 6.48. The molecule has 3 aromatic rings. The standard InChI is InChI=1S/C20H21F3N4O/c1-13-10-18(20(21,22)23)27-19(24-13)11-15(25-27)16-7-5-9-26(16)12-14-6-3-4-8-17(14)28-2/h3-4,6,8,10-11,16H,5,7,9,12H2,1-2H3/t16-/m0/s1. The second kappa shape index (κ2) is 7.09. The quantitative estimate of drug-likeness (QED) is 0.662. The fraction of sp³-hybridized carbons (Fsp3) is 0.400. The first-order valence-corrected chi connectivity index (χ1v) is 9.17. The van der Waals surface area contributed by atoms with Crippen LogP contribution in [0.25, 0.3) is 5.65 Å². The van der Waals surface area contributed by atoms with E-state index >= 15 is 0 Å². The molecule has 5 nitrogen and oxygen atoms in total. The number of alkyl halides is 3. The van der Waals surface area contributed by atoms with E-state index in [0.717, 1.165) is 41.3 Å². The average Bonchev–Trinajstić information content (AvgIpc) is 3.26. The minimum Gasteiger partial charge on any atom is -0.496 e. The third-order valence-electron chi connectivity index (χ3n) is 5.14. The lowest BCUT2D eigenvalue weighted by Gasteiger charge is -2.23. The molecule has 0 aliphatic carbocycles. The third kappa shape index (κ3) is 3.44. The minimum atomic E-state index is -4.48. The van der Waals surface area contributed by atoms with Crippen molar-refractivity contribution in [2.45, 2.75) is 38.5 Å². The van der Waals surface area contributed by atoms with Gasteiger partial charge in [0.15, 0.2) is 5.65 Å². The van der Waals surface area contributed by atoms with Crippen molar-refractivity contribution in [3.63, 3.8) is 0 Å². The van der Waals surface area contributed by atoms with Gasteiger partial charge in [-0.15, -0.1) is 0 Å². The molecular weight excluding hydrogens is 369 g/mol. The second-order valence-electron chi connectivity index (χ2n) is 7.06. The Morgan fingerprint density at radius 3 is 2.75 bits per heavy atom. The van der Waals surface area contributed by atoms with Crippen LogP contribution in [0.1, 0.15) is 41.5 Å². The maximum Gasteiger partial charge on any atom is 0.433 e. The lowest BCUT2D eigenvalue weighted by molar-refractivity contribution is -0.142. The van der Waals surface area contributed by atoms with E-state index in [1.165, 1.54) is 0 Å². The Hall–Kier alpha value is -2.61. The Balaban J connectivity index is 1.69. The van der Waals surface area contributed by atoms with E-state index in [-0.39, 0.29) is 11.7 Å². The molecular formula is C20H21F3N4O. The Bertz CT molecular complexity index is 999. The topological polar surface area (TPSA) is 42.7 Å². The maximum absolute atomic E-state index is 13.4. The first-order chi connectivity index (χ1) is 13.4. The van der Waals surface area contributed by atoms with Crippen molar-refractivity contribution in [1.82, 2.24) is 19.5 Å². The predicted octanol–water partition coefficient (Wildman–Crippen LogP) is 4.40. The summed E-state index contributed by atoms with van der Waals surface area (Å²) < 4.78 is 46.6. The first-order valence-electron chi connectivity index (χ1n) is 9.17. The van der Waals surface area contributed by atoms with Gasteiger partial charge in [0.1, 0.15) is 11.4 Å². The van der Waals surface area contributed by atoms with E-state index in [0.29, 0.717) is 17.9 Å². The van der Waals surface area contributed by atoms with Crippen molar-refractivity contribution in [2.75, 3.05) is 13.7 Å². The number of halogens is 3. The van der Waals surface area contributed by atoms with Crippen molar-refractivity contribution in [2.24, 2.45) is 0 Å². The fourth-order valence-electron chi connectivity index (χ4n) is 3.89. The zero-order chi connectivity index (χ0) is 19.9. The highest BCUT2D eigenvalue weighted by atomic mass is 19.4. The van der Waals surface area contributed by atoms with Gasteiger partial charge in [0.2, 0.25) is 0 Å². The number of hydrogen-bond donors (Lipinski definition) is 0. The summed E-state index contributed by atoms with van der Waals surface area (Å²) in [6.07, 6.45) is -2.67. The van der Waals surface area contributed by atoms with Crippen molar-refractivity contribution in [1.29, 1.82) is 0 Å². The number of nitrogens with zero attached hydrogens (tertiary/aromatic N) is 4. The normalized spacial score (nSPS) is 18.1. The number of likely N-dealkylation sites (tertiary alicyclic amines) is 1. The lowest BCUT2D eigenvalue weighted by atomic mass is 10.1. The molecule has 1 saturated heterocycles. The number of methoxy groups -OCH3 is 1. The van der Waals surface area contributed by atoms with Crippen LogP contribution in [0.15, 0.2) is 36.4 Å². The molecule has 1 aliphatic rings. The van der Waals surface area contributed by atoms with Gasteiger partial charge in [0.25, 0.3) is 0 Å². The molecule has 3 heterocycles. The van der Waals surface area contributed by atoms with Crippen molar-refractivity contribution >= 4 is 5.65 Å². The van der Waals surface area contributed by atoms with E-state index in [4.69, 9.17) is 4.74 Å². The number of ether oxygens (including phenoxy) is 1. The Labute approximate surface area is 160 Å². The van der Waals surface area contributed by atoms with Crippen LogP contribution < -0.4 is 4.74 Å². The Morgan fingerprint density at radius 1 is 1.21 bits per heavy atom. The van der Waals surface area contributed by atoms with Gasteiger partial charge in [-0.25, -0.2) is 9.50 Å². The molecule has 28 heavy (non-hydrogen) atoms. The van der Waals surface area contributed by atoms with Crippen LogP contribution in [-0.2, 0) is 12.7 Å². The molecule has 148 valence electrons. The number of rotatable bonds is 4. The molecule has 1 atom stereocenters. The predicted molar refractivity (Wildman–Crippen MR) is 98.1 cm³/mol. The average molecular weight is 390 g/mol. The van der Waals surface area contributed by atoms with Crippen LogP contribution >= 0.6 is 0 Å². The summed E-state index contributed by atoms with van der Waals surface area (Å²) in [5, 5.41) is 4.30. The number of hydrogen-bond acceptors (Lipinski definition) is 4. The number of aromatic nitrogens is 3. The van der Waals surface area contributed by atoms with Gasteiger partial charge < -0.3 is 4.74 Å². The summed E-state index contributed by atoms with van der Waals surface area (Å²) in [5.41, 5.74) is 1.42. The monoisotopic (exact) mass is 390 g/mol. The van der Waals surface area contributed by atoms with E-state index < -0.39 is 11.9 Å². The SMILES string of the molecule is COc1ccccc1CN1CCC[C@H]1c1cc2nc(C)cc(C(F)(F)F)n2n1. The summed E-state index contributed by atoms with van der Waals surface area (Å²) >= 11 is 0. The number of benzene rings is 1. The number of fused-ring (bicyclic) bond motifs is 1. The van der Waals surface area contributed by atoms with Crippen LogP contribution in [0.5, 0.6) is 5.75 Å². The van der Waals surface area contributed by atoms with Crippen molar-refractivity contribution < 1.29 is 17.9 Å². The van der Waals surface area contributed by atoms with E-state index in [1.54, 1.807) is 20.1 Å². The third-order valence-corrected chi connectivity index (χ3v) is 5.14. The van der Waals surface area contributed by atoms with Crippen LogP contribution in [0.3, 0.4) is 0 Å². The van der Waals surface area contributed by atoms with Crippen molar-refractivity contribution in [3.05, 3.63) is 59.0 Å². The first kappa shape index (κ1) is 18.7. The summed E-state index contributed by atoms with van der Waals surface area (Å²) in [7, 11) is 1.63. The van der Waals surface area contributed by atoms with Gasteiger partial charge in [-0.1, -0.05) is 18.2 Å². The molecule has 1 aliphatic heterocycles. The van der Waals surface area contributed by atoms with Gasteiger partial charge in [0.05, 0.1) is 18.8 Å². The number of para-hydroxylation sites is 1. The smallest absolute Gasteiger partial charge is 0.433 e. The Kier molecular flexibility index (Phi) is 4.74. The summed E-state index contributed by atoms with van der Waals surface area (Å²) in [6.45, 7) is 3.07. The summed E-state index contributed by atoms with van der Waals surface area (Å²) in [5.74, 6) is 0.805. The maximum atomic E-state index is 13.4. The molecule has 0 bridgehead atoms. The zero-order valence-corrected chi connectivity index (χ0v) is 15.7. The van der Waals surface area contributed by atoms with Gasteiger partial charge in [-0.2, -0.15) is 18.3 Å². The van der Waals surface area contributed by atoms with E-state index in [1.807, 2.05) is 24.3 Å². The molecule has 0 spiro atoms. The molecule has 1 aromatic carbocycles. The van der Waals surface area contributed by atoms with Gasteiger partial charge >= 0.3 is 6.18 Å². The zero-order valence-electron chi connectivity index (χ0n) is 15.7. The molecule has 0 radical (unpaired) electrons. The summed E-state index contributed by atoms with van der Waals surface area (Å²) in [6, 6.07) is 10.4. The van der Waals surface area contributed by atoms with Gasteiger partial charge in [-0.05, 0) is 38.4 Å². The highest BCUT2D eigenvalue weighted by Gasteiger charge is 2.36. The van der Waals surface area contributed by atoms with Crippen LogP contribution in [-0.4, -0.2) is 33.2 Å². The molecule has 0 unspecified atom stereocenters. The molecule has 0 amide bonds.